The van der Waals surface area contributed by atoms with Crippen LogP contribution >= 0.6 is 34.2 Å². The van der Waals surface area contributed by atoms with Crippen molar-refractivity contribution in [3.05, 3.63) is 44.0 Å². The van der Waals surface area contributed by atoms with Crippen molar-refractivity contribution in [2.45, 2.75) is 13.1 Å². The zero-order valence-corrected chi connectivity index (χ0v) is 12.8. The van der Waals surface area contributed by atoms with Crippen LogP contribution in [0.25, 0.3) is 11.4 Å². The molecule has 106 valence electrons. The van der Waals surface area contributed by atoms with Gasteiger partial charge >= 0.3 is 6.18 Å². The highest BCUT2D eigenvalue weighted by Gasteiger charge is 2.31. The second-order valence-electron chi connectivity index (χ2n) is 3.96. The Labute approximate surface area is 130 Å². The number of aryl methyl sites for hydroxylation is 1. The Morgan fingerprint density at radius 2 is 1.80 bits per heavy atom. The fourth-order valence-corrected chi connectivity index (χ4v) is 1.99. The van der Waals surface area contributed by atoms with Crippen LogP contribution in [0.5, 0.6) is 0 Å². The summed E-state index contributed by atoms with van der Waals surface area (Å²) in [6, 6.07) is 2.15. The van der Waals surface area contributed by atoms with Crippen LogP contribution in [0.15, 0.2) is 18.2 Å². The van der Waals surface area contributed by atoms with E-state index >= 15 is 0 Å². The lowest BCUT2D eigenvalue weighted by atomic mass is 10.1. The summed E-state index contributed by atoms with van der Waals surface area (Å²) in [6.07, 6.45) is -4.64. The maximum absolute atomic E-state index is 13.3. The molecule has 0 aliphatic carbocycles. The molecule has 0 fully saturated rings. The van der Waals surface area contributed by atoms with Crippen molar-refractivity contribution in [2.75, 3.05) is 0 Å². The smallest absolute Gasteiger partial charge is 0.232 e. The van der Waals surface area contributed by atoms with Crippen molar-refractivity contribution in [1.82, 2.24) is 9.97 Å². The Hall–Kier alpha value is -0.960. The van der Waals surface area contributed by atoms with Crippen molar-refractivity contribution in [2.24, 2.45) is 0 Å². The van der Waals surface area contributed by atoms with Gasteiger partial charge in [-0.1, -0.05) is 11.6 Å². The van der Waals surface area contributed by atoms with Gasteiger partial charge in [0.1, 0.15) is 11.0 Å². The molecule has 1 heterocycles. The van der Waals surface area contributed by atoms with Crippen LogP contribution in [0, 0.1) is 16.3 Å². The summed E-state index contributed by atoms with van der Waals surface area (Å²) in [4.78, 5) is 7.91. The number of nitrogens with zero attached hydrogens (tertiary/aromatic N) is 2. The molecule has 0 N–H and O–H groups in total. The molecular formula is C12H6ClF4IN2. The normalized spacial score (nSPS) is 11.8. The maximum atomic E-state index is 13.3. The predicted octanol–water partition coefficient (Wildman–Crippen LogP) is 4.87. The lowest BCUT2D eigenvalue weighted by Crippen LogP contribution is -2.06. The fourth-order valence-electron chi connectivity index (χ4n) is 1.54. The van der Waals surface area contributed by atoms with Gasteiger partial charge in [0.15, 0.2) is 5.82 Å². The van der Waals surface area contributed by atoms with Gasteiger partial charge in [-0.15, -0.1) is 0 Å². The van der Waals surface area contributed by atoms with E-state index in [1.165, 1.54) is 0 Å². The second kappa shape index (κ2) is 5.44. The first-order chi connectivity index (χ1) is 9.18. The van der Waals surface area contributed by atoms with Crippen molar-refractivity contribution < 1.29 is 17.6 Å². The van der Waals surface area contributed by atoms with Gasteiger partial charge in [-0.3, -0.25) is 0 Å². The molecule has 0 saturated carbocycles. The van der Waals surface area contributed by atoms with Crippen LogP contribution in [-0.4, -0.2) is 9.97 Å². The molecule has 0 aliphatic rings. The van der Waals surface area contributed by atoms with Gasteiger partial charge in [0.25, 0.3) is 0 Å². The van der Waals surface area contributed by atoms with Crippen LogP contribution in [-0.2, 0) is 6.18 Å². The minimum atomic E-state index is -4.64. The highest BCUT2D eigenvalue weighted by Crippen LogP contribution is 2.33. The van der Waals surface area contributed by atoms with Crippen molar-refractivity contribution in [3.8, 4) is 11.4 Å². The minimum Gasteiger partial charge on any atom is -0.232 e. The zero-order valence-electron chi connectivity index (χ0n) is 9.89. The first-order valence-corrected chi connectivity index (χ1v) is 6.72. The van der Waals surface area contributed by atoms with Crippen LogP contribution in [0.1, 0.15) is 11.3 Å². The molecule has 8 heteroatoms. The summed E-state index contributed by atoms with van der Waals surface area (Å²) in [7, 11) is 0. The molecule has 0 atom stereocenters. The Morgan fingerprint density at radius 1 is 1.15 bits per heavy atom. The Kier molecular flexibility index (Phi) is 4.19. The highest BCUT2D eigenvalue weighted by atomic mass is 127. The largest absolute Gasteiger partial charge is 0.416 e. The van der Waals surface area contributed by atoms with E-state index in [-0.39, 0.29) is 16.5 Å². The summed E-state index contributed by atoms with van der Waals surface area (Å²) in [6.45, 7) is 1.64. The third-order valence-electron chi connectivity index (χ3n) is 2.46. The minimum absolute atomic E-state index is 0.0436. The number of alkyl halides is 3. The summed E-state index contributed by atoms with van der Waals surface area (Å²) in [5, 5.41) is 0.117. The number of hydrogen-bond donors (Lipinski definition) is 0. The molecular weight excluding hydrogens is 410 g/mol. The van der Waals surface area contributed by atoms with Gasteiger partial charge < -0.3 is 0 Å². The summed E-state index contributed by atoms with van der Waals surface area (Å²) in [5.74, 6) is -1.05. The standard InChI is InChI=1S/C12H6ClF4IN2/c1-5-9(18)10(13)20-11(19-5)6-2-7(12(15,16)17)4-8(14)3-6/h2-4H,1H3. The number of benzene rings is 1. The molecule has 2 rings (SSSR count). The molecule has 0 bridgehead atoms. The number of hydrogen-bond acceptors (Lipinski definition) is 2. The molecule has 0 saturated heterocycles. The van der Waals surface area contributed by atoms with Gasteiger partial charge in [0, 0.05) is 5.56 Å². The van der Waals surface area contributed by atoms with E-state index in [9.17, 15) is 17.6 Å². The van der Waals surface area contributed by atoms with Crippen LogP contribution in [0.4, 0.5) is 17.6 Å². The van der Waals surface area contributed by atoms with Crippen molar-refractivity contribution in [3.63, 3.8) is 0 Å². The predicted molar refractivity (Wildman–Crippen MR) is 74.9 cm³/mol. The lowest BCUT2D eigenvalue weighted by Gasteiger charge is -2.10. The SMILES string of the molecule is Cc1nc(-c2cc(F)cc(C(F)(F)F)c2)nc(Cl)c1I. The van der Waals surface area contributed by atoms with Gasteiger partial charge in [0.2, 0.25) is 0 Å². The zero-order chi connectivity index (χ0) is 15.1. The first kappa shape index (κ1) is 15.4. The molecule has 20 heavy (non-hydrogen) atoms. The number of aromatic nitrogens is 2. The molecule has 0 radical (unpaired) electrons. The highest BCUT2D eigenvalue weighted by molar-refractivity contribution is 14.1. The molecule has 1 aromatic carbocycles. The van der Waals surface area contributed by atoms with E-state index < -0.39 is 17.6 Å². The number of halogens is 6. The van der Waals surface area contributed by atoms with Gasteiger partial charge in [-0.25, -0.2) is 14.4 Å². The van der Waals surface area contributed by atoms with Gasteiger partial charge in [-0.2, -0.15) is 13.2 Å². The quantitative estimate of drug-likeness (QED) is 0.377. The Balaban J connectivity index is 2.61. The van der Waals surface area contributed by atoms with E-state index in [1.807, 2.05) is 22.6 Å². The van der Waals surface area contributed by atoms with E-state index in [4.69, 9.17) is 11.6 Å². The molecule has 2 aromatic rings. The average Bonchev–Trinajstić information content (AvgIpc) is 2.33. The Bertz CT molecular complexity index is 650. The first-order valence-electron chi connectivity index (χ1n) is 5.26. The van der Waals surface area contributed by atoms with E-state index in [0.29, 0.717) is 15.3 Å². The van der Waals surface area contributed by atoms with Crippen LogP contribution in [0.3, 0.4) is 0 Å². The molecule has 0 amide bonds. The molecule has 2 nitrogen and oxygen atoms in total. The van der Waals surface area contributed by atoms with E-state index in [0.717, 1.165) is 12.1 Å². The second-order valence-corrected chi connectivity index (χ2v) is 5.40. The molecule has 1 aromatic heterocycles. The average molecular weight is 417 g/mol. The molecule has 0 unspecified atom stereocenters. The van der Waals surface area contributed by atoms with Crippen LogP contribution < -0.4 is 0 Å². The molecule has 0 spiro atoms. The summed E-state index contributed by atoms with van der Waals surface area (Å²) >= 11 is 7.78. The summed E-state index contributed by atoms with van der Waals surface area (Å²) < 4.78 is 51.9. The lowest BCUT2D eigenvalue weighted by molar-refractivity contribution is -0.137. The van der Waals surface area contributed by atoms with Crippen LogP contribution in [0.2, 0.25) is 5.15 Å². The van der Waals surface area contributed by atoms with Gasteiger partial charge in [0.05, 0.1) is 14.8 Å². The third-order valence-corrected chi connectivity index (χ3v) is 4.34. The van der Waals surface area contributed by atoms with E-state index in [2.05, 4.69) is 9.97 Å². The maximum Gasteiger partial charge on any atom is 0.416 e. The van der Waals surface area contributed by atoms with Gasteiger partial charge in [-0.05, 0) is 47.7 Å². The number of rotatable bonds is 1. The monoisotopic (exact) mass is 416 g/mol. The Morgan fingerprint density at radius 3 is 2.35 bits per heavy atom. The fraction of sp³-hybridized carbons (Fsp3) is 0.167. The third kappa shape index (κ3) is 3.20. The topological polar surface area (TPSA) is 25.8 Å². The van der Waals surface area contributed by atoms with Crippen molar-refractivity contribution >= 4 is 34.2 Å². The van der Waals surface area contributed by atoms with Crippen molar-refractivity contribution in [1.29, 1.82) is 0 Å². The van der Waals surface area contributed by atoms with E-state index in [1.54, 1.807) is 6.92 Å². The molecule has 0 aliphatic heterocycles. The summed E-state index contributed by atoms with van der Waals surface area (Å²) in [5.41, 5.74) is -0.652.